The molecule has 3 heterocycles. The van der Waals surface area contributed by atoms with Crippen molar-refractivity contribution in [3.8, 4) is 6.07 Å². The first-order chi connectivity index (χ1) is 15.7. The molecular weight excluding hydrogens is 459 g/mol. The maximum Gasteiger partial charge on any atom is 0.411 e. The fourth-order valence-electron chi connectivity index (χ4n) is 3.64. The Bertz CT molecular complexity index is 1100. The molecule has 1 N–H and O–H groups in total. The zero-order valence-electron chi connectivity index (χ0n) is 17.3. The van der Waals surface area contributed by atoms with E-state index in [-0.39, 0.29) is 12.5 Å². The number of nitriles is 1. The first-order valence-corrected chi connectivity index (χ1v) is 11.3. The Morgan fingerprint density at radius 2 is 2.09 bits per heavy atom. The van der Waals surface area contributed by atoms with Gasteiger partial charge in [0.1, 0.15) is 12.6 Å². The SMILES string of the molecule is N#C[C@@H]1CSCN1C(=O)CNC(=O)c1ccnc2ccc(N3CC(OCC(F)(F)F)C3)cc12. The van der Waals surface area contributed by atoms with E-state index in [1.54, 1.807) is 24.3 Å². The van der Waals surface area contributed by atoms with Crippen LogP contribution in [0.15, 0.2) is 30.5 Å². The number of carbonyl (C=O) groups is 2. The molecule has 0 bridgehead atoms. The van der Waals surface area contributed by atoms with Gasteiger partial charge in [-0.25, -0.2) is 0 Å². The van der Waals surface area contributed by atoms with Crippen LogP contribution in [-0.4, -0.2) is 77.9 Å². The summed E-state index contributed by atoms with van der Waals surface area (Å²) in [5.74, 6) is 0.178. The van der Waals surface area contributed by atoms with E-state index in [0.717, 1.165) is 5.69 Å². The van der Waals surface area contributed by atoms with Crippen molar-refractivity contribution in [1.29, 1.82) is 5.26 Å². The lowest BCUT2D eigenvalue weighted by Crippen LogP contribution is -2.53. The number of hydrogen-bond donors (Lipinski definition) is 1. The number of benzene rings is 1. The predicted molar refractivity (Wildman–Crippen MR) is 116 cm³/mol. The smallest absolute Gasteiger partial charge is 0.366 e. The average molecular weight is 479 g/mol. The highest BCUT2D eigenvalue weighted by Crippen LogP contribution is 2.28. The first-order valence-electron chi connectivity index (χ1n) is 10.1. The number of pyridine rings is 1. The molecule has 1 aromatic carbocycles. The lowest BCUT2D eigenvalue weighted by molar-refractivity contribution is -0.187. The number of nitrogens with zero attached hydrogens (tertiary/aromatic N) is 4. The second kappa shape index (κ2) is 9.44. The Morgan fingerprint density at radius 1 is 1.30 bits per heavy atom. The van der Waals surface area contributed by atoms with Crippen LogP contribution in [0.4, 0.5) is 18.9 Å². The number of nitrogens with one attached hydrogen (secondary N) is 1. The summed E-state index contributed by atoms with van der Waals surface area (Å²) in [4.78, 5) is 32.7. The highest BCUT2D eigenvalue weighted by molar-refractivity contribution is 7.99. The standard InChI is InChI=1S/C21H20F3N5O3S/c22-21(23,24)11-32-15-8-28(9-15)13-1-2-18-17(5-13)16(3-4-26-18)20(31)27-7-19(30)29-12-33-10-14(29)6-25/h1-5,14-15H,7-12H2,(H,27,31)/t14-/m1/s1. The number of amides is 2. The van der Waals surface area contributed by atoms with Crippen LogP contribution in [0.5, 0.6) is 0 Å². The van der Waals surface area contributed by atoms with Crippen molar-refractivity contribution < 1.29 is 27.5 Å². The van der Waals surface area contributed by atoms with Crippen molar-refractivity contribution in [1.82, 2.24) is 15.2 Å². The van der Waals surface area contributed by atoms with Crippen LogP contribution in [0.1, 0.15) is 10.4 Å². The van der Waals surface area contributed by atoms with Gasteiger partial charge in [-0.05, 0) is 24.3 Å². The molecule has 4 rings (SSSR count). The van der Waals surface area contributed by atoms with Crippen LogP contribution < -0.4 is 10.2 Å². The summed E-state index contributed by atoms with van der Waals surface area (Å²) in [7, 11) is 0. The van der Waals surface area contributed by atoms with E-state index in [2.05, 4.69) is 16.4 Å². The van der Waals surface area contributed by atoms with E-state index in [0.29, 0.717) is 41.2 Å². The van der Waals surface area contributed by atoms with Crippen LogP contribution in [0.3, 0.4) is 0 Å². The molecule has 1 aromatic heterocycles. The molecule has 2 saturated heterocycles. The molecular formula is C21H20F3N5O3S. The molecule has 2 amide bonds. The van der Waals surface area contributed by atoms with Crippen LogP contribution in [0, 0.1) is 11.3 Å². The number of carbonyl (C=O) groups excluding carboxylic acids is 2. The van der Waals surface area contributed by atoms with Gasteiger partial charge in [-0.15, -0.1) is 11.8 Å². The van der Waals surface area contributed by atoms with E-state index in [1.807, 2.05) is 4.90 Å². The number of anilines is 1. The number of rotatable bonds is 6. The quantitative estimate of drug-likeness (QED) is 0.678. The Kier molecular flexibility index (Phi) is 6.62. The van der Waals surface area contributed by atoms with Crippen LogP contribution in [-0.2, 0) is 9.53 Å². The minimum absolute atomic E-state index is 0.231. The predicted octanol–water partition coefficient (Wildman–Crippen LogP) is 2.16. The largest absolute Gasteiger partial charge is 0.411 e. The van der Waals surface area contributed by atoms with Gasteiger partial charge in [-0.3, -0.25) is 14.6 Å². The fraction of sp³-hybridized carbons (Fsp3) is 0.429. The lowest BCUT2D eigenvalue weighted by atomic mass is 10.0. The molecule has 0 spiro atoms. The van der Waals surface area contributed by atoms with Crippen molar-refractivity contribution in [3.63, 3.8) is 0 Å². The summed E-state index contributed by atoms with van der Waals surface area (Å²) in [6, 6.07) is 8.39. The number of alkyl halides is 3. The zero-order valence-corrected chi connectivity index (χ0v) is 18.2. The molecule has 0 aliphatic carbocycles. The summed E-state index contributed by atoms with van der Waals surface area (Å²) in [6.07, 6.45) is -3.38. The van der Waals surface area contributed by atoms with Crippen LogP contribution in [0.25, 0.3) is 10.9 Å². The van der Waals surface area contributed by atoms with E-state index >= 15 is 0 Å². The molecule has 0 radical (unpaired) electrons. The number of ether oxygens (including phenoxy) is 1. The van der Waals surface area contributed by atoms with Gasteiger partial charge in [0.05, 0.1) is 35.7 Å². The third kappa shape index (κ3) is 5.31. The highest BCUT2D eigenvalue weighted by Gasteiger charge is 2.34. The Hall–Kier alpha value is -3.04. The van der Waals surface area contributed by atoms with Gasteiger partial charge >= 0.3 is 6.18 Å². The van der Waals surface area contributed by atoms with Gasteiger partial charge in [0.15, 0.2) is 0 Å². The minimum atomic E-state index is -4.36. The van der Waals surface area contributed by atoms with Gasteiger partial charge in [-0.1, -0.05) is 0 Å². The molecule has 2 fully saturated rings. The third-order valence-corrected chi connectivity index (χ3v) is 6.43. The van der Waals surface area contributed by atoms with E-state index < -0.39 is 30.8 Å². The molecule has 2 aromatic rings. The molecule has 174 valence electrons. The molecule has 12 heteroatoms. The van der Waals surface area contributed by atoms with Gasteiger partial charge in [-0.2, -0.15) is 18.4 Å². The topological polar surface area (TPSA) is 98.6 Å². The van der Waals surface area contributed by atoms with Crippen molar-refractivity contribution in [3.05, 3.63) is 36.0 Å². The second-order valence-electron chi connectivity index (χ2n) is 7.70. The Labute approximate surface area is 191 Å². The van der Waals surface area contributed by atoms with Gasteiger partial charge < -0.3 is 19.9 Å². The van der Waals surface area contributed by atoms with Gasteiger partial charge in [0, 0.05) is 36.1 Å². The molecule has 1 atom stereocenters. The maximum atomic E-state index is 12.8. The molecule has 0 unspecified atom stereocenters. The van der Waals surface area contributed by atoms with E-state index in [4.69, 9.17) is 10.00 Å². The minimum Gasteiger partial charge on any atom is -0.366 e. The summed E-state index contributed by atoms with van der Waals surface area (Å²) >= 11 is 1.48. The van der Waals surface area contributed by atoms with Crippen molar-refractivity contribution >= 4 is 40.2 Å². The van der Waals surface area contributed by atoms with Crippen LogP contribution in [0.2, 0.25) is 0 Å². The lowest BCUT2D eigenvalue weighted by Gasteiger charge is -2.40. The number of aromatic nitrogens is 1. The molecule has 8 nitrogen and oxygen atoms in total. The Morgan fingerprint density at radius 3 is 2.82 bits per heavy atom. The second-order valence-corrected chi connectivity index (χ2v) is 8.70. The molecule has 2 aliphatic heterocycles. The van der Waals surface area contributed by atoms with Gasteiger partial charge in [0.2, 0.25) is 5.91 Å². The summed E-state index contributed by atoms with van der Waals surface area (Å²) in [5, 5.41) is 12.3. The van der Waals surface area contributed by atoms with Crippen molar-refractivity contribution in [2.24, 2.45) is 0 Å². The summed E-state index contributed by atoms with van der Waals surface area (Å²) < 4.78 is 41.8. The van der Waals surface area contributed by atoms with Gasteiger partial charge in [0.25, 0.3) is 5.91 Å². The van der Waals surface area contributed by atoms with E-state index in [1.165, 1.54) is 22.9 Å². The Balaban J connectivity index is 1.41. The third-order valence-electron chi connectivity index (χ3n) is 5.42. The number of hydrogen-bond acceptors (Lipinski definition) is 7. The van der Waals surface area contributed by atoms with Crippen molar-refractivity contribution in [2.45, 2.75) is 18.3 Å². The maximum absolute atomic E-state index is 12.8. The average Bonchev–Trinajstić information content (AvgIpc) is 3.24. The summed E-state index contributed by atoms with van der Waals surface area (Å²) in [5.41, 5.74) is 1.63. The van der Waals surface area contributed by atoms with Crippen LogP contribution >= 0.6 is 11.8 Å². The molecule has 2 aliphatic rings. The number of fused-ring (bicyclic) bond motifs is 1. The number of thioether (sulfide) groups is 1. The molecule has 33 heavy (non-hydrogen) atoms. The van der Waals surface area contributed by atoms with E-state index in [9.17, 15) is 22.8 Å². The highest BCUT2D eigenvalue weighted by atomic mass is 32.2. The fourth-order valence-corrected chi connectivity index (χ4v) is 4.75. The van der Waals surface area contributed by atoms with Crippen molar-refractivity contribution in [2.75, 3.05) is 42.8 Å². The summed E-state index contributed by atoms with van der Waals surface area (Å²) in [6.45, 7) is -0.885. The monoisotopic (exact) mass is 479 g/mol. The normalized spacial score (nSPS) is 18.8. The molecule has 0 saturated carbocycles. The zero-order chi connectivity index (χ0) is 23.6. The first kappa shape index (κ1) is 23.1. The number of halogens is 3.